The van der Waals surface area contributed by atoms with Gasteiger partial charge in [0.1, 0.15) is 0 Å². The summed E-state index contributed by atoms with van der Waals surface area (Å²) in [5, 5.41) is 6.93. The Labute approximate surface area is 171 Å². The third kappa shape index (κ3) is 5.72. The molecule has 3 aromatic rings. The highest BCUT2D eigenvalue weighted by atomic mass is 79.9. The number of carbonyl (C=O) groups is 1. The van der Waals surface area contributed by atoms with E-state index in [0.29, 0.717) is 16.8 Å². The zero-order valence-electron chi connectivity index (χ0n) is 14.7. The van der Waals surface area contributed by atoms with Crippen LogP contribution in [0.1, 0.15) is 12.0 Å². The van der Waals surface area contributed by atoms with Crippen molar-refractivity contribution in [2.45, 2.75) is 17.9 Å². The molecule has 0 saturated heterocycles. The van der Waals surface area contributed by atoms with Crippen molar-refractivity contribution in [2.75, 3.05) is 11.9 Å². The number of nitrogens with zero attached hydrogens (tertiary/aromatic N) is 3. The number of hydrogen-bond donors (Lipinski definition) is 2. The Morgan fingerprint density at radius 2 is 2.04 bits per heavy atom. The molecule has 28 heavy (non-hydrogen) atoms. The second-order valence-corrected chi connectivity index (χ2v) is 8.60. The van der Waals surface area contributed by atoms with Gasteiger partial charge in [-0.25, -0.2) is 13.1 Å². The van der Waals surface area contributed by atoms with Gasteiger partial charge in [0, 0.05) is 42.1 Å². The SMILES string of the molecule is O=C(CCNS(=O)(=O)c1cccc(Br)c1)Nc1ccn(Cc2cccnc2)n1. The molecule has 0 aliphatic heterocycles. The van der Waals surface area contributed by atoms with Gasteiger partial charge in [-0.2, -0.15) is 5.10 Å². The first kappa shape index (κ1) is 20.2. The van der Waals surface area contributed by atoms with Gasteiger partial charge in [-0.15, -0.1) is 0 Å². The van der Waals surface area contributed by atoms with Crippen LogP contribution in [0.3, 0.4) is 0 Å². The fourth-order valence-corrected chi connectivity index (χ4v) is 4.04. The Morgan fingerprint density at radius 3 is 2.79 bits per heavy atom. The second kappa shape index (κ2) is 9.09. The fraction of sp³-hybridized carbons (Fsp3) is 0.167. The highest BCUT2D eigenvalue weighted by Gasteiger charge is 2.14. The third-order valence-corrected chi connectivity index (χ3v) is 5.68. The first-order valence-corrected chi connectivity index (χ1v) is 10.7. The normalized spacial score (nSPS) is 11.3. The fourth-order valence-electron chi connectivity index (χ4n) is 2.42. The molecule has 0 spiro atoms. The van der Waals surface area contributed by atoms with Gasteiger partial charge in [0.2, 0.25) is 15.9 Å². The smallest absolute Gasteiger partial charge is 0.240 e. The monoisotopic (exact) mass is 463 g/mol. The summed E-state index contributed by atoms with van der Waals surface area (Å²) >= 11 is 3.24. The minimum absolute atomic E-state index is 0.0112. The van der Waals surface area contributed by atoms with E-state index >= 15 is 0 Å². The first-order valence-electron chi connectivity index (χ1n) is 8.40. The molecule has 2 aromatic heterocycles. The standard InChI is InChI=1S/C18H18BrN5O3S/c19-15-4-1-5-16(11-15)28(26,27)21-9-6-18(25)22-17-7-10-24(23-17)13-14-3-2-8-20-12-14/h1-5,7-8,10-12,21H,6,9,13H2,(H,22,23,25). The molecule has 0 atom stereocenters. The number of hydrogen-bond acceptors (Lipinski definition) is 5. The predicted molar refractivity (Wildman–Crippen MR) is 108 cm³/mol. The van der Waals surface area contributed by atoms with Crippen molar-refractivity contribution in [1.29, 1.82) is 0 Å². The zero-order chi connectivity index (χ0) is 20.0. The molecule has 0 fully saturated rings. The number of anilines is 1. The highest BCUT2D eigenvalue weighted by Crippen LogP contribution is 2.15. The Morgan fingerprint density at radius 1 is 1.18 bits per heavy atom. The summed E-state index contributed by atoms with van der Waals surface area (Å²) in [4.78, 5) is 16.2. The minimum Gasteiger partial charge on any atom is -0.309 e. The van der Waals surface area contributed by atoms with E-state index in [-0.39, 0.29) is 23.8 Å². The zero-order valence-corrected chi connectivity index (χ0v) is 17.1. The van der Waals surface area contributed by atoms with E-state index in [1.807, 2.05) is 12.1 Å². The van der Waals surface area contributed by atoms with Crippen LogP contribution in [-0.4, -0.2) is 35.6 Å². The molecule has 1 amide bonds. The maximum Gasteiger partial charge on any atom is 0.240 e. The number of benzene rings is 1. The lowest BCUT2D eigenvalue weighted by atomic mass is 10.3. The Hall–Kier alpha value is -2.56. The van der Waals surface area contributed by atoms with Crippen molar-refractivity contribution in [2.24, 2.45) is 0 Å². The number of nitrogens with one attached hydrogen (secondary N) is 2. The van der Waals surface area contributed by atoms with Gasteiger partial charge in [0.05, 0.1) is 11.4 Å². The van der Waals surface area contributed by atoms with Gasteiger partial charge < -0.3 is 5.32 Å². The van der Waals surface area contributed by atoms with Crippen LogP contribution in [0.4, 0.5) is 5.82 Å². The van der Waals surface area contributed by atoms with Crippen LogP contribution in [0.15, 0.2) is 70.4 Å². The molecule has 2 heterocycles. The van der Waals surface area contributed by atoms with Crippen LogP contribution in [0, 0.1) is 0 Å². The number of rotatable bonds is 8. The Bertz CT molecular complexity index is 1050. The summed E-state index contributed by atoms with van der Waals surface area (Å²) in [7, 11) is -3.67. The highest BCUT2D eigenvalue weighted by molar-refractivity contribution is 9.10. The number of sulfonamides is 1. The van der Waals surface area contributed by atoms with Crippen LogP contribution in [0.5, 0.6) is 0 Å². The molecule has 0 unspecified atom stereocenters. The van der Waals surface area contributed by atoms with E-state index in [1.165, 1.54) is 12.1 Å². The largest absolute Gasteiger partial charge is 0.309 e. The molecule has 8 nitrogen and oxygen atoms in total. The van der Waals surface area contributed by atoms with Crippen molar-refractivity contribution in [1.82, 2.24) is 19.5 Å². The molecule has 0 bridgehead atoms. The molecule has 0 aliphatic rings. The van der Waals surface area contributed by atoms with Gasteiger partial charge in [-0.05, 0) is 29.8 Å². The number of halogens is 1. The van der Waals surface area contributed by atoms with Gasteiger partial charge in [0.25, 0.3) is 0 Å². The number of pyridine rings is 1. The molecule has 1 aromatic carbocycles. The molecular formula is C18H18BrN5O3S. The molecule has 0 aliphatic carbocycles. The molecule has 146 valence electrons. The van der Waals surface area contributed by atoms with Crippen molar-refractivity contribution in [3.8, 4) is 0 Å². The molecule has 10 heteroatoms. The van der Waals surface area contributed by atoms with Crippen molar-refractivity contribution in [3.63, 3.8) is 0 Å². The van der Waals surface area contributed by atoms with Crippen molar-refractivity contribution >= 4 is 37.7 Å². The molecule has 0 saturated carbocycles. The van der Waals surface area contributed by atoms with Crippen LogP contribution < -0.4 is 10.0 Å². The lowest BCUT2D eigenvalue weighted by Gasteiger charge is -2.07. The number of carbonyl (C=O) groups excluding carboxylic acids is 1. The summed E-state index contributed by atoms with van der Waals surface area (Å²) < 4.78 is 29.2. The molecule has 0 radical (unpaired) electrons. The predicted octanol–water partition coefficient (Wildman–Crippen LogP) is 2.40. The van der Waals surface area contributed by atoms with Crippen LogP contribution in [0.2, 0.25) is 0 Å². The maximum atomic E-state index is 12.2. The average Bonchev–Trinajstić information content (AvgIpc) is 3.09. The quantitative estimate of drug-likeness (QED) is 0.533. The van der Waals surface area contributed by atoms with E-state index < -0.39 is 10.0 Å². The second-order valence-electron chi connectivity index (χ2n) is 5.91. The maximum absolute atomic E-state index is 12.2. The van der Waals surface area contributed by atoms with Crippen LogP contribution in [-0.2, 0) is 21.4 Å². The molecule has 3 rings (SSSR count). The minimum atomic E-state index is -3.67. The molecular weight excluding hydrogens is 446 g/mol. The summed E-state index contributed by atoms with van der Waals surface area (Å²) in [6, 6.07) is 11.8. The summed E-state index contributed by atoms with van der Waals surface area (Å²) in [5.41, 5.74) is 0.991. The number of aromatic nitrogens is 3. The van der Waals surface area contributed by atoms with E-state index in [4.69, 9.17) is 0 Å². The number of amides is 1. The summed E-state index contributed by atoms with van der Waals surface area (Å²) in [6.07, 6.45) is 5.18. The van der Waals surface area contributed by atoms with Gasteiger partial charge in [-0.1, -0.05) is 28.1 Å². The topological polar surface area (TPSA) is 106 Å². The van der Waals surface area contributed by atoms with Crippen LogP contribution >= 0.6 is 15.9 Å². The van der Waals surface area contributed by atoms with Crippen molar-refractivity contribution in [3.05, 3.63) is 71.1 Å². The molecule has 2 N–H and O–H groups in total. The summed E-state index contributed by atoms with van der Waals surface area (Å²) in [6.45, 7) is 0.521. The van der Waals surface area contributed by atoms with Gasteiger partial charge >= 0.3 is 0 Å². The van der Waals surface area contributed by atoms with Gasteiger partial charge in [0.15, 0.2) is 5.82 Å². The Balaban J connectivity index is 1.48. The van der Waals surface area contributed by atoms with Crippen molar-refractivity contribution < 1.29 is 13.2 Å². The van der Waals surface area contributed by atoms with E-state index in [1.54, 1.807) is 41.5 Å². The summed E-state index contributed by atoms with van der Waals surface area (Å²) in [5.74, 6) is 0.0762. The van der Waals surface area contributed by atoms with Crippen LogP contribution in [0.25, 0.3) is 0 Å². The van der Waals surface area contributed by atoms with E-state index in [0.717, 1.165) is 5.56 Å². The van der Waals surface area contributed by atoms with E-state index in [2.05, 4.69) is 36.1 Å². The van der Waals surface area contributed by atoms with E-state index in [9.17, 15) is 13.2 Å². The first-order chi connectivity index (χ1) is 13.4. The average molecular weight is 464 g/mol. The lowest BCUT2D eigenvalue weighted by molar-refractivity contribution is -0.116. The lowest BCUT2D eigenvalue weighted by Crippen LogP contribution is -2.28. The Kier molecular flexibility index (Phi) is 6.55. The third-order valence-electron chi connectivity index (χ3n) is 3.73. The van der Waals surface area contributed by atoms with Gasteiger partial charge in [-0.3, -0.25) is 14.5 Å².